The lowest BCUT2D eigenvalue weighted by atomic mass is 10.4. The lowest BCUT2D eigenvalue weighted by Crippen LogP contribution is -2.37. The largest absolute Gasteiger partial charge is 0.741 e. The molecule has 1 fully saturated rings. The van der Waals surface area contributed by atoms with Crippen LogP contribution in [0.1, 0.15) is 0 Å². The molecule has 0 bridgehead atoms. The minimum absolute atomic E-state index is 0.565. The maximum absolute atomic E-state index is 10.7. The second kappa shape index (κ2) is 4.86. The zero-order valence-corrected chi connectivity index (χ0v) is 9.93. The van der Waals surface area contributed by atoms with Gasteiger partial charge in [-0.15, -0.1) is 0 Å². The van der Waals surface area contributed by atoms with Gasteiger partial charge in [-0.3, -0.25) is 0 Å². The van der Waals surface area contributed by atoms with E-state index in [2.05, 4.69) is 21.1 Å². The third-order valence-electron chi connectivity index (χ3n) is 1.44. The molecule has 0 aromatic rings. The summed E-state index contributed by atoms with van der Waals surface area (Å²) < 4.78 is 65.0. The van der Waals surface area contributed by atoms with Gasteiger partial charge in [0.2, 0.25) is 0 Å². The number of halogens is 3. The van der Waals surface area contributed by atoms with Crippen LogP contribution in [0.3, 0.4) is 0 Å². The molecule has 0 aliphatic carbocycles. The molecular weight excluding hydrogens is 251 g/mol. The van der Waals surface area contributed by atoms with Crippen molar-refractivity contribution < 1.29 is 35.4 Å². The number of rotatable bonds is 2. The average molecular weight is 265 g/mol. The molecule has 1 heterocycles. The zero-order chi connectivity index (χ0) is 13.2. The van der Waals surface area contributed by atoms with E-state index in [-0.39, 0.29) is 0 Å². The Bertz CT molecular complexity index is 316. The molecule has 16 heavy (non-hydrogen) atoms. The number of alkyl halides is 3. The number of hydrogen-bond donors (Lipinski definition) is 0. The lowest BCUT2D eigenvalue weighted by molar-refractivity contribution is -0.870. The molecule has 0 saturated carbocycles. The van der Waals surface area contributed by atoms with Crippen molar-refractivity contribution in [2.45, 2.75) is 11.6 Å². The van der Waals surface area contributed by atoms with Gasteiger partial charge in [0.15, 0.2) is 10.1 Å². The van der Waals surface area contributed by atoms with Gasteiger partial charge in [-0.2, -0.15) is 13.2 Å². The van der Waals surface area contributed by atoms with Crippen LogP contribution in [0.4, 0.5) is 13.2 Å². The summed E-state index contributed by atoms with van der Waals surface area (Å²) in [6, 6.07) is 0. The first kappa shape index (κ1) is 15.6. The van der Waals surface area contributed by atoms with Gasteiger partial charge in [-0.25, -0.2) is 8.42 Å². The molecule has 1 aliphatic rings. The van der Waals surface area contributed by atoms with Crippen LogP contribution in [0.15, 0.2) is 0 Å². The Kier molecular flexibility index (Phi) is 4.75. The third kappa shape index (κ3) is 7.85. The molecule has 0 radical (unpaired) electrons. The van der Waals surface area contributed by atoms with Gasteiger partial charge in [0.25, 0.3) is 0 Å². The molecule has 0 amide bonds. The first-order valence-corrected chi connectivity index (χ1v) is 5.68. The monoisotopic (exact) mass is 265 g/mol. The summed E-state index contributed by atoms with van der Waals surface area (Å²) >= 11 is 0. The Labute approximate surface area is 92.1 Å². The maximum Gasteiger partial charge on any atom is 0.485 e. The topological polar surface area (TPSA) is 69.7 Å². The molecule has 1 aliphatic heterocycles. The second-order valence-corrected chi connectivity index (χ2v) is 5.70. The molecule has 0 spiro atoms. The fraction of sp³-hybridized carbons (Fsp3) is 1.00. The van der Waals surface area contributed by atoms with E-state index in [1.54, 1.807) is 0 Å². The fourth-order valence-corrected chi connectivity index (χ4v) is 0.784. The molecule has 98 valence electrons. The molecule has 1 unspecified atom stereocenters. The van der Waals surface area contributed by atoms with Crippen LogP contribution in [-0.4, -0.2) is 63.4 Å². The van der Waals surface area contributed by atoms with E-state index in [0.717, 1.165) is 17.6 Å². The highest BCUT2D eigenvalue weighted by Gasteiger charge is 2.36. The second-order valence-electron chi connectivity index (χ2n) is 4.33. The molecule has 1 saturated heterocycles. The predicted molar refractivity (Wildman–Crippen MR) is 48.4 cm³/mol. The van der Waals surface area contributed by atoms with E-state index in [1.165, 1.54) is 0 Å². The Hall–Kier alpha value is -0.380. The summed E-state index contributed by atoms with van der Waals surface area (Å²) in [4.78, 5) is 0. The number of epoxide rings is 1. The molecule has 1 atom stereocenters. The van der Waals surface area contributed by atoms with Crippen molar-refractivity contribution in [3.8, 4) is 0 Å². The van der Waals surface area contributed by atoms with Gasteiger partial charge in [0.05, 0.1) is 27.7 Å². The van der Waals surface area contributed by atoms with E-state index >= 15 is 0 Å². The van der Waals surface area contributed by atoms with Gasteiger partial charge in [0, 0.05) is 0 Å². The number of hydrogen-bond acceptors (Lipinski definition) is 4. The summed E-state index contributed by atoms with van der Waals surface area (Å²) in [6.45, 7) is 2.13. The fourth-order valence-electron chi connectivity index (χ4n) is 0.784. The van der Waals surface area contributed by atoms with Crippen LogP contribution in [0.2, 0.25) is 0 Å². The first-order chi connectivity index (χ1) is 6.83. The average Bonchev–Trinajstić information content (AvgIpc) is 2.63. The van der Waals surface area contributed by atoms with Crippen molar-refractivity contribution in [1.82, 2.24) is 0 Å². The molecule has 5 nitrogen and oxygen atoms in total. The van der Waals surface area contributed by atoms with Crippen molar-refractivity contribution in [3.05, 3.63) is 0 Å². The normalized spacial score (nSPS) is 21.1. The number of ether oxygens (including phenoxy) is 1. The number of quaternary nitrogens is 1. The highest BCUT2D eigenvalue weighted by atomic mass is 32.2. The maximum atomic E-state index is 10.7. The molecule has 9 heteroatoms. The summed E-state index contributed by atoms with van der Waals surface area (Å²) in [5.41, 5.74) is -5.65. The Morgan fingerprint density at radius 3 is 1.75 bits per heavy atom. The minimum Gasteiger partial charge on any atom is -0.741 e. The summed E-state index contributed by atoms with van der Waals surface area (Å²) in [7, 11) is 0.456. The Morgan fingerprint density at radius 2 is 1.69 bits per heavy atom. The molecular formula is C7H14F3NO4S. The Morgan fingerprint density at radius 1 is 1.38 bits per heavy atom. The van der Waals surface area contributed by atoms with E-state index in [1.807, 2.05) is 0 Å². The quantitative estimate of drug-likeness (QED) is 0.308. The van der Waals surface area contributed by atoms with E-state index in [9.17, 15) is 13.2 Å². The Balaban J connectivity index is 0.000000281. The van der Waals surface area contributed by atoms with Crippen molar-refractivity contribution in [2.75, 3.05) is 34.3 Å². The van der Waals surface area contributed by atoms with Gasteiger partial charge in [-0.1, -0.05) is 0 Å². The van der Waals surface area contributed by atoms with E-state index in [4.69, 9.17) is 17.7 Å². The highest BCUT2D eigenvalue weighted by Crippen LogP contribution is 2.20. The van der Waals surface area contributed by atoms with Gasteiger partial charge >= 0.3 is 5.51 Å². The van der Waals surface area contributed by atoms with Gasteiger partial charge in [-0.05, 0) is 0 Å². The zero-order valence-electron chi connectivity index (χ0n) is 9.11. The van der Waals surface area contributed by atoms with Crippen LogP contribution >= 0.6 is 0 Å². The van der Waals surface area contributed by atoms with Crippen LogP contribution in [0.25, 0.3) is 0 Å². The number of likely N-dealkylation sites (N-methyl/N-ethyl adjacent to an activating group) is 1. The van der Waals surface area contributed by atoms with Crippen molar-refractivity contribution in [2.24, 2.45) is 0 Å². The SMILES string of the molecule is C[N+](C)(C)CC1CO1.O=S(=O)([O-])C(F)(F)F. The van der Waals surface area contributed by atoms with E-state index < -0.39 is 15.6 Å². The van der Waals surface area contributed by atoms with Crippen LogP contribution in [0.5, 0.6) is 0 Å². The van der Waals surface area contributed by atoms with Crippen LogP contribution < -0.4 is 0 Å². The molecule has 0 aromatic carbocycles. The number of nitrogens with zero attached hydrogens (tertiary/aromatic N) is 1. The molecule has 1 rings (SSSR count). The van der Waals surface area contributed by atoms with Gasteiger partial charge < -0.3 is 13.8 Å². The van der Waals surface area contributed by atoms with Crippen LogP contribution in [0, 0.1) is 0 Å². The molecule has 0 aromatic heterocycles. The lowest BCUT2D eigenvalue weighted by Gasteiger charge is -2.22. The van der Waals surface area contributed by atoms with Crippen LogP contribution in [-0.2, 0) is 14.9 Å². The first-order valence-electron chi connectivity index (χ1n) is 4.27. The summed E-state index contributed by atoms with van der Waals surface area (Å²) in [6.07, 6.45) is 0.565. The molecule has 0 N–H and O–H groups in total. The highest BCUT2D eigenvalue weighted by molar-refractivity contribution is 7.86. The standard InChI is InChI=1S/C6H14NO.CHF3O3S/c1-7(2,3)4-6-5-8-6;2-1(3,4)8(5,6)7/h6H,4-5H2,1-3H3;(H,5,6,7)/q+1;/p-1. The minimum atomic E-state index is -6.09. The van der Waals surface area contributed by atoms with E-state index in [0.29, 0.717) is 6.10 Å². The van der Waals surface area contributed by atoms with Crippen molar-refractivity contribution >= 4 is 10.1 Å². The summed E-state index contributed by atoms with van der Waals surface area (Å²) in [5.74, 6) is 0. The predicted octanol–water partition coefficient (Wildman–Crippen LogP) is 0.143. The third-order valence-corrected chi connectivity index (χ3v) is 2.00. The summed E-state index contributed by atoms with van der Waals surface area (Å²) in [5, 5.41) is 0. The smallest absolute Gasteiger partial charge is 0.485 e. The van der Waals surface area contributed by atoms with Crippen molar-refractivity contribution in [1.29, 1.82) is 0 Å². The van der Waals surface area contributed by atoms with Crippen molar-refractivity contribution in [3.63, 3.8) is 0 Å². The van der Waals surface area contributed by atoms with Gasteiger partial charge in [0.1, 0.15) is 12.6 Å².